The summed E-state index contributed by atoms with van der Waals surface area (Å²) in [6, 6.07) is 0. The van der Waals surface area contributed by atoms with Gasteiger partial charge in [-0.3, -0.25) is 4.79 Å². The quantitative estimate of drug-likeness (QED) is 0.710. The first-order chi connectivity index (χ1) is 8.14. The van der Waals surface area contributed by atoms with Gasteiger partial charge in [-0.1, -0.05) is 13.3 Å². The van der Waals surface area contributed by atoms with Crippen molar-refractivity contribution in [2.45, 2.75) is 58.1 Å². The van der Waals surface area contributed by atoms with Crippen molar-refractivity contribution in [3.8, 4) is 0 Å². The molecule has 1 heterocycles. The number of nitrogens with one attached hydrogen (secondary N) is 2. The lowest BCUT2D eigenvalue weighted by Gasteiger charge is -2.28. The predicted octanol–water partition coefficient (Wildman–Crippen LogP) is 1.45. The molecule has 0 radical (unpaired) electrons. The Bertz CT molecular complexity index is 238. The molecule has 4 nitrogen and oxygen atoms in total. The van der Waals surface area contributed by atoms with Crippen molar-refractivity contribution in [1.82, 2.24) is 10.6 Å². The summed E-state index contributed by atoms with van der Waals surface area (Å²) in [7, 11) is 0. The lowest BCUT2D eigenvalue weighted by molar-refractivity contribution is -0.128. The first-order valence-corrected chi connectivity index (χ1v) is 6.79. The standard InChI is InChI=1S/C13H26N2O2/c1-4-7-13(8-6-9-15-13)12(16)14-10-11(3)17-5-2/h11,15H,4-10H2,1-3H3,(H,14,16). The molecule has 1 fully saturated rings. The van der Waals surface area contributed by atoms with E-state index in [9.17, 15) is 4.79 Å². The summed E-state index contributed by atoms with van der Waals surface area (Å²) in [6.45, 7) is 8.31. The van der Waals surface area contributed by atoms with Crippen LogP contribution in [0.5, 0.6) is 0 Å². The molecule has 1 aliphatic heterocycles. The molecule has 1 rings (SSSR count). The third-order valence-corrected chi connectivity index (χ3v) is 3.36. The van der Waals surface area contributed by atoms with Gasteiger partial charge in [-0.15, -0.1) is 0 Å². The van der Waals surface area contributed by atoms with Crippen LogP contribution < -0.4 is 10.6 Å². The first-order valence-electron chi connectivity index (χ1n) is 6.79. The molecule has 0 spiro atoms. The number of carbonyl (C=O) groups is 1. The summed E-state index contributed by atoms with van der Waals surface area (Å²) >= 11 is 0. The Hall–Kier alpha value is -0.610. The van der Waals surface area contributed by atoms with Crippen LogP contribution >= 0.6 is 0 Å². The highest BCUT2D eigenvalue weighted by Crippen LogP contribution is 2.24. The second-order valence-corrected chi connectivity index (χ2v) is 4.84. The lowest BCUT2D eigenvalue weighted by atomic mass is 9.91. The predicted molar refractivity (Wildman–Crippen MR) is 69.0 cm³/mol. The summed E-state index contributed by atoms with van der Waals surface area (Å²) < 4.78 is 5.41. The summed E-state index contributed by atoms with van der Waals surface area (Å²) in [5.41, 5.74) is -0.319. The fourth-order valence-electron chi connectivity index (χ4n) is 2.50. The van der Waals surface area contributed by atoms with Gasteiger partial charge in [0.2, 0.25) is 5.91 Å². The van der Waals surface area contributed by atoms with Gasteiger partial charge in [-0.05, 0) is 39.7 Å². The van der Waals surface area contributed by atoms with Crippen LogP contribution in [0, 0.1) is 0 Å². The average Bonchev–Trinajstić information content (AvgIpc) is 2.77. The minimum Gasteiger partial charge on any atom is -0.377 e. The van der Waals surface area contributed by atoms with Crippen LogP contribution in [-0.2, 0) is 9.53 Å². The van der Waals surface area contributed by atoms with Crippen molar-refractivity contribution >= 4 is 5.91 Å². The lowest BCUT2D eigenvalue weighted by Crippen LogP contribution is -2.54. The fourth-order valence-corrected chi connectivity index (χ4v) is 2.50. The summed E-state index contributed by atoms with van der Waals surface area (Å²) in [6.07, 6.45) is 4.08. The monoisotopic (exact) mass is 242 g/mol. The first kappa shape index (κ1) is 14.5. The second kappa shape index (κ2) is 6.97. The van der Waals surface area contributed by atoms with Gasteiger partial charge in [0.05, 0.1) is 11.6 Å². The van der Waals surface area contributed by atoms with Gasteiger partial charge in [0.25, 0.3) is 0 Å². The zero-order valence-electron chi connectivity index (χ0n) is 11.3. The molecule has 2 unspecified atom stereocenters. The zero-order chi connectivity index (χ0) is 12.7. The molecule has 0 aromatic carbocycles. The topological polar surface area (TPSA) is 50.4 Å². The van der Waals surface area contributed by atoms with Crippen LogP contribution in [-0.4, -0.2) is 37.2 Å². The van der Waals surface area contributed by atoms with E-state index in [-0.39, 0.29) is 17.6 Å². The van der Waals surface area contributed by atoms with Crippen LogP contribution in [0.4, 0.5) is 0 Å². The van der Waals surface area contributed by atoms with Crippen molar-refractivity contribution in [3.63, 3.8) is 0 Å². The van der Waals surface area contributed by atoms with E-state index < -0.39 is 0 Å². The highest BCUT2D eigenvalue weighted by atomic mass is 16.5. The molecule has 0 bridgehead atoms. The Morgan fingerprint density at radius 3 is 2.82 bits per heavy atom. The number of rotatable bonds is 7. The van der Waals surface area contributed by atoms with E-state index in [2.05, 4.69) is 17.6 Å². The van der Waals surface area contributed by atoms with Gasteiger partial charge in [0.15, 0.2) is 0 Å². The van der Waals surface area contributed by atoms with Crippen LogP contribution in [0.3, 0.4) is 0 Å². The minimum absolute atomic E-state index is 0.0871. The Morgan fingerprint density at radius 2 is 2.29 bits per heavy atom. The van der Waals surface area contributed by atoms with Crippen molar-refractivity contribution in [2.75, 3.05) is 19.7 Å². The van der Waals surface area contributed by atoms with Crippen molar-refractivity contribution < 1.29 is 9.53 Å². The maximum atomic E-state index is 12.2. The Balaban J connectivity index is 2.43. The molecule has 1 saturated heterocycles. The number of ether oxygens (including phenoxy) is 1. The SMILES string of the molecule is CCCC1(C(=O)NCC(C)OCC)CCCN1. The van der Waals surface area contributed by atoms with E-state index in [1.165, 1.54) is 0 Å². The van der Waals surface area contributed by atoms with E-state index in [1.807, 2.05) is 13.8 Å². The van der Waals surface area contributed by atoms with Crippen molar-refractivity contribution in [3.05, 3.63) is 0 Å². The highest BCUT2D eigenvalue weighted by Gasteiger charge is 2.39. The summed E-state index contributed by atoms with van der Waals surface area (Å²) in [5.74, 6) is 0.142. The van der Waals surface area contributed by atoms with Gasteiger partial charge in [-0.25, -0.2) is 0 Å². The molecule has 1 amide bonds. The van der Waals surface area contributed by atoms with Gasteiger partial charge < -0.3 is 15.4 Å². The largest absolute Gasteiger partial charge is 0.377 e. The third kappa shape index (κ3) is 3.96. The molecule has 2 N–H and O–H groups in total. The Morgan fingerprint density at radius 1 is 1.53 bits per heavy atom. The van der Waals surface area contributed by atoms with Crippen LogP contribution in [0.2, 0.25) is 0 Å². The van der Waals surface area contributed by atoms with Crippen molar-refractivity contribution in [1.29, 1.82) is 0 Å². The molecule has 0 aliphatic carbocycles. The van der Waals surface area contributed by atoms with Crippen molar-refractivity contribution in [2.24, 2.45) is 0 Å². The van der Waals surface area contributed by atoms with Crippen LogP contribution in [0.15, 0.2) is 0 Å². The molecule has 100 valence electrons. The van der Waals surface area contributed by atoms with E-state index >= 15 is 0 Å². The zero-order valence-corrected chi connectivity index (χ0v) is 11.3. The van der Waals surface area contributed by atoms with Gasteiger partial charge >= 0.3 is 0 Å². The summed E-state index contributed by atoms with van der Waals surface area (Å²) in [4.78, 5) is 12.2. The van der Waals surface area contributed by atoms with E-state index in [0.29, 0.717) is 13.2 Å². The normalized spacial score (nSPS) is 25.8. The number of carbonyl (C=O) groups excluding carboxylic acids is 1. The molecule has 0 aromatic rings. The number of amides is 1. The molecule has 1 aliphatic rings. The van der Waals surface area contributed by atoms with E-state index in [4.69, 9.17) is 4.74 Å². The Kier molecular flexibility index (Phi) is 5.92. The Labute approximate surface area is 104 Å². The number of hydrogen-bond donors (Lipinski definition) is 2. The summed E-state index contributed by atoms with van der Waals surface area (Å²) in [5, 5.41) is 6.38. The highest BCUT2D eigenvalue weighted by molar-refractivity contribution is 5.86. The maximum Gasteiger partial charge on any atom is 0.240 e. The van der Waals surface area contributed by atoms with E-state index in [0.717, 1.165) is 32.2 Å². The maximum absolute atomic E-state index is 12.2. The van der Waals surface area contributed by atoms with Crippen LogP contribution in [0.25, 0.3) is 0 Å². The molecule has 17 heavy (non-hydrogen) atoms. The second-order valence-electron chi connectivity index (χ2n) is 4.84. The van der Waals surface area contributed by atoms with Gasteiger partial charge in [-0.2, -0.15) is 0 Å². The molecular weight excluding hydrogens is 216 g/mol. The molecule has 0 aromatic heterocycles. The molecule has 0 saturated carbocycles. The fraction of sp³-hybridized carbons (Fsp3) is 0.923. The van der Waals surface area contributed by atoms with Gasteiger partial charge in [0.1, 0.15) is 0 Å². The smallest absolute Gasteiger partial charge is 0.240 e. The minimum atomic E-state index is -0.319. The molecule has 2 atom stereocenters. The van der Waals surface area contributed by atoms with Gasteiger partial charge in [0, 0.05) is 13.2 Å². The number of hydrogen-bond acceptors (Lipinski definition) is 3. The third-order valence-electron chi connectivity index (χ3n) is 3.36. The average molecular weight is 242 g/mol. The molecular formula is C13H26N2O2. The van der Waals surface area contributed by atoms with Crippen LogP contribution in [0.1, 0.15) is 46.5 Å². The molecule has 4 heteroatoms. The van der Waals surface area contributed by atoms with E-state index in [1.54, 1.807) is 0 Å².